The van der Waals surface area contributed by atoms with Gasteiger partial charge in [0.05, 0.1) is 28.0 Å². The van der Waals surface area contributed by atoms with Gasteiger partial charge in [0.25, 0.3) is 23.4 Å². The fourth-order valence-corrected chi connectivity index (χ4v) is 6.75. The molecule has 3 aromatic carbocycles. The Kier molecular flexibility index (Phi) is 10.2. The van der Waals surface area contributed by atoms with Crippen LogP contribution in [-0.4, -0.2) is 56.9 Å². The number of nitro groups is 1. The first-order valence-corrected chi connectivity index (χ1v) is 17.7. The highest BCUT2D eigenvalue weighted by Gasteiger charge is 2.44. The number of unbranched alkanes of at least 4 members (excludes halogenated alkanes) is 3. The number of hydrogen-bond acceptors (Lipinski definition) is 9. The lowest BCUT2D eigenvalue weighted by Crippen LogP contribution is -2.54. The molecule has 0 saturated carbocycles. The van der Waals surface area contributed by atoms with Crippen LogP contribution in [0, 0.1) is 10.1 Å². The summed E-state index contributed by atoms with van der Waals surface area (Å²) >= 11 is 0. The Bertz CT molecular complexity index is 2270. The molecule has 2 N–H and O–H groups in total. The van der Waals surface area contributed by atoms with E-state index in [-0.39, 0.29) is 35.6 Å². The molecule has 7 rings (SSSR count). The van der Waals surface area contributed by atoms with Crippen molar-refractivity contribution in [2.24, 2.45) is 0 Å². The van der Waals surface area contributed by atoms with Crippen molar-refractivity contribution in [1.29, 1.82) is 0 Å². The number of carbonyl (C=O) groups excluding carboxylic acids is 5. The molecule has 0 spiro atoms. The molecule has 1 saturated heterocycles. The number of nitro benzene ring substituents is 1. The highest BCUT2D eigenvalue weighted by Crippen LogP contribution is 2.32. The van der Waals surface area contributed by atoms with E-state index in [2.05, 4.69) is 10.6 Å². The number of nitrogens with zero attached hydrogens (tertiary/aromatic N) is 3. The quantitative estimate of drug-likeness (QED) is 0.0591. The summed E-state index contributed by atoms with van der Waals surface area (Å²) in [6.45, 7) is 0.516. The van der Waals surface area contributed by atoms with E-state index >= 15 is 0 Å². The fraction of sp³-hybridized carbons (Fsp3) is 0.220. The average molecular weight is 726 g/mol. The first-order valence-electron chi connectivity index (χ1n) is 17.7. The molecule has 5 aromatic rings. The lowest BCUT2D eigenvalue weighted by molar-refractivity contribution is -0.384. The third kappa shape index (κ3) is 7.56. The number of imide groups is 2. The standard InChI is InChI=1S/C41H35N5O8/c47-37-19-18-35(39(49)44-37)45-40(50)31-17-8-25(22-32(31)41(45)51)6-3-1-2-4-20-42-38(48)28-11-9-26(10-12-28)29-23-33(27-13-15-30(16-14-27)46(52)53)43-34(24-29)36-7-5-21-54-36/h5,7-17,21-24,35H,1-4,6,18-20H2,(H,42,48)(H,44,47,49). The third-order valence-electron chi connectivity index (χ3n) is 9.64. The van der Waals surface area contributed by atoms with Crippen LogP contribution in [0.5, 0.6) is 0 Å². The van der Waals surface area contributed by atoms with Gasteiger partial charge in [-0.25, -0.2) is 4.98 Å². The molecule has 2 aliphatic heterocycles. The number of aryl methyl sites for hydroxylation is 1. The highest BCUT2D eigenvalue weighted by atomic mass is 16.6. The molecule has 1 atom stereocenters. The van der Waals surface area contributed by atoms with Gasteiger partial charge in [-0.2, -0.15) is 0 Å². The van der Waals surface area contributed by atoms with Gasteiger partial charge >= 0.3 is 0 Å². The van der Waals surface area contributed by atoms with Crippen molar-refractivity contribution >= 4 is 35.2 Å². The van der Waals surface area contributed by atoms with Crippen LogP contribution < -0.4 is 10.6 Å². The number of piperidine rings is 1. The molecule has 1 fully saturated rings. The number of amides is 5. The van der Waals surface area contributed by atoms with E-state index in [0.29, 0.717) is 41.2 Å². The monoisotopic (exact) mass is 725 g/mol. The van der Waals surface area contributed by atoms with Gasteiger partial charge in [-0.1, -0.05) is 31.0 Å². The maximum Gasteiger partial charge on any atom is 0.269 e. The number of carbonyl (C=O) groups is 5. The van der Waals surface area contributed by atoms with Gasteiger partial charge in [-0.3, -0.25) is 44.3 Å². The third-order valence-corrected chi connectivity index (χ3v) is 9.64. The van der Waals surface area contributed by atoms with Crippen molar-refractivity contribution in [3.8, 4) is 33.8 Å². The summed E-state index contributed by atoms with van der Waals surface area (Å²) < 4.78 is 5.59. The van der Waals surface area contributed by atoms with Gasteiger partial charge in [0, 0.05) is 36.2 Å². The minimum atomic E-state index is -0.987. The maximum atomic E-state index is 13.1. The highest BCUT2D eigenvalue weighted by molar-refractivity contribution is 6.23. The predicted molar refractivity (Wildman–Crippen MR) is 197 cm³/mol. The Hall–Kier alpha value is -6.76. The number of hydrogen-bond donors (Lipinski definition) is 2. The number of nitrogens with one attached hydrogen (secondary N) is 2. The summed E-state index contributed by atoms with van der Waals surface area (Å²) in [5.41, 5.74) is 5.61. The van der Waals surface area contributed by atoms with Crippen LogP contribution in [-0.2, 0) is 16.0 Å². The summed E-state index contributed by atoms with van der Waals surface area (Å²) in [4.78, 5) is 79.2. The number of furan rings is 1. The number of benzene rings is 3. The molecule has 54 heavy (non-hydrogen) atoms. The van der Waals surface area contributed by atoms with E-state index in [0.717, 1.165) is 47.3 Å². The zero-order chi connectivity index (χ0) is 37.8. The van der Waals surface area contributed by atoms with E-state index in [4.69, 9.17) is 9.40 Å². The molecule has 0 radical (unpaired) electrons. The van der Waals surface area contributed by atoms with Gasteiger partial charge < -0.3 is 9.73 Å². The lowest BCUT2D eigenvalue weighted by atomic mass is 10.00. The summed E-state index contributed by atoms with van der Waals surface area (Å²) in [5.74, 6) is -1.67. The molecule has 13 nitrogen and oxygen atoms in total. The second kappa shape index (κ2) is 15.5. The molecule has 272 valence electrons. The molecule has 13 heteroatoms. The fourth-order valence-electron chi connectivity index (χ4n) is 6.75. The van der Waals surface area contributed by atoms with Gasteiger partial charge in [0.15, 0.2) is 5.76 Å². The molecule has 4 heterocycles. The Morgan fingerprint density at radius 2 is 1.56 bits per heavy atom. The van der Waals surface area contributed by atoms with Gasteiger partial charge in [0.1, 0.15) is 11.7 Å². The molecule has 2 aliphatic rings. The van der Waals surface area contributed by atoms with Crippen LogP contribution in [0.4, 0.5) is 5.69 Å². The van der Waals surface area contributed by atoms with Crippen LogP contribution in [0.1, 0.15) is 75.2 Å². The van der Waals surface area contributed by atoms with Gasteiger partial charge in [0.2, 0.25) is 11.8 Å². The number of pyridine rings is 1. The van der Waals surface area contributed by atoms with Crippen LogP contribution in [0.3, 0.4) is 0 Å². The van der Waals surface area contributed by atoms with Crippen molar-refractivity contribution in [3.05, 3.63) is 130 Å². The van der Waals surface area contributed by atoms with E-state index in [1.54, 1.807) is 48.7 Å². The second-order valence-electron chi connectivity index (χ2n) is 13.2. The minimum Gasteiger partial charge on any atom is -0.463 e. The Morgan fingerprint density at radius 1 is 0.833 bits per heavy atom. The van der Waals surface area contributed by atoms with E-state index in [9.17, 15) is 34.1 Å². The largest absolute Gasteiger partial charge is 0.463 e. The average Bonchev–Trinajstić information content (AvgIpc) is 3.81. The van der Waals surface area contributed by atoms with Crippen molar-refractivity contribution in [2.75, 3.05) is 6.54 Å². The van der Waals surface area contributed by atoms with Crippen molar-refractivity contribution in [3.63, 3.8) is 0 Å². The van der Waals surface area contributed by atoms with E-state index < -0.39 is 34.6 Å². The first kappa shape index (κ1) is 35.6. The van der Waals surface area contributed by atoms with Crippen LogP contribution >= 0.6 is 0 Å². The number of non-ortho nitro benzene ring substituents is 1. The maximum absolute atomic E-state index is 13.1. The molecular weight excluding hydrogens is 690 g/mol. The lowest BCUT2D eigenvalue weighted by Gasteiger charge is -2.27. The minimum absolute atomic E-state index is 0.00947. The normalized spacial score (nSPS) is 15.3. The predicted octanol–water partition coefficient (Wildman–Crippen LogP) is 6.52. The number of rotatable bonds is 13. The molecule has 0 aliphatic carbocycles. The summed E-state index contributed by atoms with van der Waals surface area (Å²) in [7, 11) is 0. The molecule has 5 amide bonds. The second-order valence-corrected chi connectivity index (χ2v) is 13.2. The SMILES string of the molecule is O=C1CCC(N2C(=O)c3ccc(CCCCCCNC(=O)c4ccc(-c5cc(-c6ccc([N+](=O)[O-])cc6)nc(-c6ccco6)c5)cc4)cc3C2=O)C(=O)N1. The Balaban J connectivity index is 0.893. The summed E-state index contributed by atoms with van der Waals surface area (Å²) in [5, 5.41) is 16.3. The molecule has 1 unspecified atom stereocenters. The molecule has 2 aromatic heterocycles. The van der Waals surface area contributed by atoms with E-state index in [1.807, 2.05) is 36.4 Å². The summed E-state index contributed by atoms with van der Waals surface area (Å²) in [6.07, 6.45) is 5.91. The topological polar surface area (TPSA) is 182 Å². The van der Waals surface area contributed by atoms with Crippen LogP contribution in [0.15, 0.2) is 102 Å². The Labute approximate surface area is 309 Å². The summed E-state index contributed by atoms with van der Waals surface area (Å²) in [6, 6.07) is 25.0. The molecular formula is C41H35N5O8. The number of aromatic nitrogens is 1. The zero-order valence-electron chi connectivity index (χ0n) is 29.1. The number of fused-ring (bicyclic) bond motifs is 1. The van der Waals surface area contributed by atoms with Crippen molar-refractivity contribution in [1.82, 2.24) is 20.5 Å². The van der Waals surface area contributed by atoms with Gasteiger partial charge in [-0.05, 0) is 103 Å². The first-order chi connectivity index (χ1) is 26.2. The van der Waals surface area contributed by atoms with Crippen LogP contribution in [0.2, 0.25) is 0 Å². The zero-order valence-corrected chi connectivity index (χ0v) is 29.1. The van der Waals surface area contributed by atoms with E-state index in [1.165, 1.54) is 12.1 Å². The smallest absolute Gasteiger partial charge is 0.269 e. The van der Waals surface area contributed by atoms with Crippen molar-refractivity contribution < 1.29 is 33.3 Å². The van der Waals surface area contributed by atoms with Crippen molar-refractivity contribution in [2.45, 2.75) is 51.0 Å². The van der Waals surface area contributed by atoms with Gasteiger partial charge in [-0.15, -0.1) is 0 Å². The Morgan fingerprint density at radius 3 is 2.28 bits per heavy atom. The molecule has 0 bridgehead atoms. The van der Waals surface area contributed by atoms with Crippen LogP contribution in [0.25, 0.3) is 33.8 Å².